The van der Waals surface area contributed by atoms with Crippen LogP contribution in [0.4, 0.5) is 23.7 Å². The number of nitrogens with zero attached hydrogens (tertiary/aromatic N) is 1. The molecule has 2 spiro atoms. The minimum absolute atomic E-state index is 0.0771. The zero-order chi connectivity index (χ0) is 21.6. The van der Waals surface area contributed by atoms with E-state index in [4.69, 9.17) is 9.47 Å². The van der Waals surface area contributed by atoms with E-state index in [0.29, 0.717) is 38.9 Å². The van der Waals surface area contributed by atoms with Crippen molar-refractivity contribution in [1.82, 2.24) is 10.2 Å². The molecule has 0 bridgehead atoms. The van der Waals surface area contributed by atoms with Gasteiger partial charge in [-0.25, -0.2) is 4.79 Å². The third-order valence-electron chi connectivity index (χ3n) is 5.70. The first-order chi connectivity index (χ1) is 14.1. The number of imide groups is 1. The molecule has 0 radical (unpaired) electrons. The van der Waals surface area contributed by atoms with Gasteiger partial charge in [0, 0.05) is 18.5 Å². The molecule has 0 atom stereocenters. The smallest absolute Gasteiger partial charge is 0.348 e. The number of anilines is 1. The van der Waals surface area contributed by atoms with Crippen molar-refractivity contribution in [3.63, 3.8) is 0 Å². The number of hydrogen-bond donors (Lipinski definition) is 2. The number of hydrogen-bond acceptors (Lipinski definition) is 5. The highest BCUT2D eigenvalue weighted by Gasteiger charge is 2.56. The Morgan fingerprint density at radius 2 is 1.80 bits per heavy atom. The molecule has 4 amide bonds. The van der Waals surface area contributed by atoms with E-state index in [1.165, 1.54) is 6.07 Å². The lowest BCUT2D eigenvalue weighted by atomic mass is 9.78. The molecule has 2 saturated heterocycles. The maximum atomic E-state index is 12.9. The Labute approximate surface area is 169 Å². The van der Waals surface area contributed by atoms with Gasteiger partial charge < -0.3 is 20.1 Å². The number of amides is 4. The van der Waals surface area contributed by atoms with E-state index in [1.807, 2.05) is 0 Å². The van der Waals surface area contributed by atoms with Crippen molar-refractivity contribution >= 4 is 23.5 Å². The Balaban J connectivity index is 1.40. The molecule has 1 aromatic carbocycles. The Hall–Kier alpha value is -2.66. The Bertz CT molecular complexity index is 872. The summed E-state index contributed by atoms with van der Waals surface area (Å²) in [6.45, 7) is 0.366. The van der Waals surface area contributed by atoms with Gasteiger partial charge in [-0.3, -0.25) is 14.5 Å². The standard InChI is InChI=1S/C19H20F3N3O5/c20-19(21,22)12-2-1-3-13(10-12)23-14(26)11-25-15(27)17(24-16(25)28)4-6-18(7-5-17)29-8-9-30-18/h1-3,10H,4-9,11H2,(H,23,26)(H,24,28). The highest BCUT2D eigenvalue weighted by atomic mass is 19.4. The first-order valence-electron chi connectivity index (χ1n) is 9.52. The number of nitrogens with one attached hydrogen (secondary N) is 2. The number of carbonyl (C=O) groups excluding carboxylic acids is 3. The van der Waals surface area contributed by atoms with E-state index >= 15 is 0 Å². The lowest BCUT2D eigenvalue weighted by Crippen LogP contribution is -2.53. The summed E-state index contributed by atoms with van der Waals surface area (Å²) in [5.41, 5.74) is -2.11. The van der Waals surface area contributed by atoms with Crippen molar-refractivity contribution in [1.29, 1.82) is 0 Å². The second-order valence-electron chi connectivity index (χ2n) is 7.64. The summed E-state index contributed by atoms with van der Waals surface area (Å²) in [6, 6.07) is 3.41. The predicted octanol–water partition coefficient (Wildman–Crippen LogP) is 2.25. The van der Waals surface area contributed by atoms with Gasteiger partial charge in [0.2, 0.25) is 5.91 Å². The van der Waals surface area contributed by atoms with Gasteiger partial charge in [0.05, 0.1) is 18.8 Å². The summed E-state index contributed by atoms with van der Waals surface area (Å²) in [4.78, 5) is 38.3. The third kappa shape index (κ3) is 3.74. The van der Waals surface area contributed by atoms with Crippen LogP contribution in [0.25, 0.3) is 0 Å². The van der Waals surface area contributed by atoms with E-state index < -0.39 is 47.5 Å². The summed E-state index contributed by atoms with van der Waals surface area (Å²) in [5, 5.41) is 4.97. The molecule has 1 saturated carbocycles. The normalized spacial score (nSPS) is 22.6. The largest absolute Gasteiger partial charge is 0.416 e. The molecule has 1 aliphatic carbocycles. The van der Waals surface area contributed by atoms with Gasteiger partial charge in [-0.2, -0.15) is 13.2 Å². The fourth-order valence-corrected chi connectivity index (χ4v) is 4.12. The average Bonchev–Trinajstić information content (AvgIpc) is 3.23. The molecule has 30 heavy (non-hydrogen) atoms. The van der Waals surface area contributed by atoms with Gasteiger partial charge in [-0.15, -0.1) is 0 Å². The third-order valence-corrected chi connectivity index (χ3v) is 5.70. The van der Waals surface area contributed by atoms with Crippen LogP contribution in [0.1, 0.15) is 31.2 Å². The number of benzene rings is 1. The fourth-order valence-electron chi connectivity index (χ4n) is 4.12. The Kier molecular flexibility index (Phi) is 4.97. The molecule has 8 nitrogen and oxygen atoms in total. The van der Waals surface area contributed by atoms with E-state index in [-0.39, 0.29) is 5.69 Å². The summed E-state index contributed by atoms with van der Waals surface area (Å²) in [7, 11) is 0. The molecule has 2 aliphatic heterocycles. The van der Waals surface area contributed by atoms with E-state index in [0.717, 1.165) is 23.1 Å². The zero-order valence-electron chi connectivity index (χ0n) is 15.9. The van der Waals surface area contributed by atoms with Crippen LogP contribution >= 0.6 is 0 Å². The summed E-state index contributed by atoms with van der Waals surface area (Å²) in [6.07, 6.45) is -3.07. The van der Waals surface area contributed by atoms with Crippen LogP contribution in [-0.2, 0) is 25.2 Å². The zero-order valence-corrected chi connectivity index (χ0v) is 15.9. The summed E-state index contributed by atoms with van der Waals surface area (Å²) in [5.74, 6) is -2.02. The highest BCUT2D eigenvalue weighted by Crippen LogP contribution is 2.42. The van der Waals surface area contributed by atoms with Crippen molar-refractivity contribution in [3.05, 3.63) is 29.8 Å². The van der Waals surface area contributed by atoms with Gasteiger partial charge >= 0.3 is 12.2 Å². The first kappa shape index (κ1) is 20.6. The predicted molar refractivity (Wildman–Crippen MR) is 96.2 cm³/mol. The maximum Gasteiger partial charge on any atom is 0.416 e. The number of rotatable bonds is 3. The highest BCUT2D eigenvalue weighted by molar-refractivity contribution is 6.10. The molecule has 0 unspecified atom stereocenters. The van der Waals surface area contributed by atoms with Gasteiger partial charge in [0.25, 0.3) is 5.91 Å². The molecule has 2 N–H and O–H groups in total. The van der Waals surface area contributed by atoms with E-state index in [1.54, 1.807) is 0 Å². The molecule has 2 heterocycles. The molecule has 0 aromatic heterocycles. The van der Waals surface area contributed by atoms with E-state index in [2.05, 4.69) is 10.6 Å². The lowest BCUT2D eigenvalue weighted by molar-refractivity contribution is -0.186. The molecule has 1 aromatic rings. The Morgan fingerprint density at radius 3 is 2.43 bits per heavy atom. The first-order valence-corrected chi connectivity index (χ1v) is 9.52. The monoisotopic (exact) mass is 427 g/mol. The van der Waals surface area contributed by atoms with Crippen LogP contribution in [-0.4, -0.2) is 53.8 Å². The molecule has 11 heteroatoms. The Morgan fingerprint density at radius 1 is 1.13 bits per heavy atom. The van der Waals surface area contributed by atoms with Crippen LogP contribution in [0.5, 0.6) is 0 Å². The maximum absolute atomic E-state index is 12.9. The summed E-state index contributed by atoms with van der Waals surface area (Å²) < 4.78 is 49.7. The SMILES string of the molecule is O=C(CN1C(=O)NC2(CCC3(CC2)OCCO3)C1=O)Nc1cccc(C(F)(F)F)c1. The van der Waals surface area contributed by atoms with Crippen LogP contribution in [0.2, 0.25) is 0 Å². The molecular weight excluding hydrogens is 407 g/mol. The van der Waals surface area contributed by atoms with Crippen molar-refractivity contribution in [2.75, 3.05) is 25.1 Å². The summed E-state index contributed by atoms with van der Waals surface area (Å²) >= 11 is 0. The van der Waals surface area contributed by atoms with Crippen molar-refractivity contribution in [2.24, 2.45) is 0 Å². The lowest BCUT2D eigenvalue weighted by Gasteiger charge is -2.39. The van der Waals surface area contributed by atoms with Crippen LogP contribution in [0, 0.1) is 0 Å². The second-order valence-corrected chi connectivity index (χ2v) is 7.64. The van der Waals surface area contributed by atoms with Crippen molar-refractivity contribution in [3.8, 4) is 0 Å². The minimum atomic E-state index is -4.55. The number of alkyl halides is 3. The topological polar surface area (TPSA) is 97.0 Å². The van der Waals surface area contributed by atoms with Crippen molar-refractivity contribution in [2.45, 2.75) is 43.2 Å². The number of carbonyl (C=O) groups is 3. The van der Waals surface area contributed by atoms with Gasteiger partial charge in [-0.05, 0) is 31.0 Å². The van der Waals surface area contributed by atoms with Gasteiger partial charge in [0.1, 0.15) is 12.1 Å². The molecule has 4 rings (SSSR count). The van der Waals surface area contributed by atoms with E-state index in [9.17, 15) is 27.6 Å². The number of halogens is 3. The molecular formula is C19H20F3N3O5. The molecule has 162 valence electrons. The number of ether oxygens (including phenoxy) is 2. The average molecular weight is 427 g/mol. The second kappa shape index (κ2) is 7.24. The fraction of sp³-hybridized carbons (Fsp3) is 0.526. The molecule has 3 aliphatic rings. The molecule has 3 fully saturated rings. The van der Waals surface area contributed by atoms with Crippen molar-refractivity contribution < 1.29 is 37.0 Å². The number of urea groups is 1. The van der Waals surface area contributed by atoms with Gasteiger partial charge in [0.15, 0.2) is 5.79 Å². The quantitative estimate of drug-likeness (QED) is 0.722. The van der Waals surface area contributed by atoms with Crippen LogP contribution < -0.4 is 10.6 Å². The van der Waals surface area contributed by atoms with Crippen LogP contribution in [0.3, 0.4) is 0 Å². The van der Waals surface area contributed by atoms with Crippen LogP contribution in [0.15, 0.2) is 24.3 Å². The minimum Gasteiger partial charge on any atom is -0.348 e. The van der Waals surface area contributed by atoms with Gasteiger partial charge in [-0.1, -0.05) is 6.07 Å².